The topological polar surface area (TPSA) is 83.0 Å². The van der Waals surface area contributed by atoms with Crippen LogP contribution in [0.3, 0.4) is 0 Å². The Labute approximate surface area is 238 Å². The minimum atomic E-state index is -0.509. The van der Waals surface area contributed by atoms with Gasteiger partial charge >= 0.3 is 0 Å². The van der Waals surface area contributed by atoms with E-state index in [2.05, 4.69) is 27.7 Å². The molecule has 8 heteroatoms. The molecule has 0 radical (unpaired) electrons. The number of halogens is 1. The SMILES string of the molecule is CC1CCN(c2cc(F)cc(C(=O)Nc3ccc(OCC4=NNC(=O)C4c4ccccc4)c4ccccc34)c2)CC1. The molecule has 2 aliphatic heterocycles. The quantitative estimate of drug-likeness (QED) is 0.291. The van der Waals surface area contributed by atoms with Crippen LogP contribution in [0.15, 0.2) is 90.0 Å². The Bertz CT molecular complexity index is 1630. The standard InChI is InChI=1S/C33H31FN4O3/c1-21-13-15-38(16-14-21)25-18-23(17-24(34)19-25)32(39)35-28-11-12-30(27-10-6-5-9-26(27)28)41-20-29-31(33(40)37-36-29)22-7-3-2-4-8-22/h2-12,17-19,21,31H,13-16,20H2,1H3,(H,35,39)(H,37,40). The molecule has 0 bridgehead atoms. The Kier molecular flexibility index (Phi) is 7.37. The summed E-state index contributed by atoms with van der Waals surface area (Å²) in [6, 6.07) is 25.1. The molecule has 4 aromatic carbocycles. The van der Waals surface area contributed by atoms with Gasteiger partial charge in [0.05, 0.1) is 5.71 Å². The summed E-state index contributed by atoms with van der Waals surface area (Å²) in [5.74, 6) is -0.265. The number of nitrogens with one attached hydrogen (secondary N) is 2. The molecule has 1 saturated heterocycles. The number of anilines is 2. The van der Waals surface area contributed by atoms with Gasteiger partial charge in [-0.2, -0.15) is 5.10 Å². The van der Waals surface area contributed by atoms with Crippen molar-refractivity contribution in [1.29, 1.82) is 0 Å². The molecule has 208 valence electrons. The predicted octanol–water partition coefficient (Wildman–Crippen LogP) is 6.12. The summed E-state index contributed by atoms with van der Waals surface area (Å²) in [5, 5.41) is 8.75. The summed E-state index contributed by atoms with van der Waals surface area (Å²) < 4.78 is 20.7. The third-order valence-corrected chi connectivity index (χ3v) is 7.84. The molecule has 2 amide bonds. The third-order valence-electron chi connectivity index (χ3n) is 7.84. The van der Waals surface area contributed by atoms with Gasteiger partial charge in [0.1, 0.15) is 24.1 Å². The van der Waals surface area contributed by atoms with Crippen LogP contribution in [0.4, 0.5) is 15.8 Å². The highest BCUT2D eigenvalue weighted by atomic mass is 19.1. The summed E-state index contributed by atoms with van der Waals surface area (Å²) in [5.41, 5.74) is 5.59. The van der Waals surface area contributed by atoms with Crippen LogP contribution in [0.5, 0.6) is 5.75 Å². The van der Waals surface area contributed by atoms with E-state index in [0.717, 1.165) is 48.0 Å². The van der Waals surface area contributed by atoms with Crippen molar-refractivity contribution in [3.63, 3.8) is 0 Å². The number of hydrogen-bond acceptors (Lipinski definition) is 5. The average molecular weight is 551 g/mol. The van der Waals surface area contributed by atoms with E-state index in [1.807, 2.05) is 54.6 Å². The number of rotatable bonds is 7. The summed E-state index contributed by atoms with van der Waals surface area (Å²) in [6.07, 6.45) is 2.09. The fourth-order valence-electron chi connectivity index (χ4n) is 5.52. The number of nitrogens with zero attached hydrogens (tertiary/aromatic N) is 2. The largest absolute Gasteiger partial charge is 0.487 e. The zero-order valence-corrected chi connectivity index (χ0v) is 22.8. The second kappa shape index (κ2) is 11.4. The number of hydrogen-bond donors (Lipinski definition) is 2. The van der Waals surface area contributed by atoms with Crippen molar-refractivity contribution in [3.8, 4) is 5.75 Å². The van der Waals surface area contributed by atoms with Gasteiger partial charge in [-0.25, -0.2) is 9.82 Å². The third kappa shape index (κ3) is 5.63. The van der Waals surface area contributed by atoms with Crippen LogP contribution in [0.2, 0.25) is 0 Å². The number of benzene rings is 4. The summed E-state index contributed by atoms with van der Waals surface area (Å²) >= 11 is 0. The molecule has 2 N–H and O–H groups in total. The molecule has 7 nitrogen and oxygen atoms in total. The molecule has 0 aromatic heterocycles. The van der Waals surface area contributed by atoms with E-state index in [4.69, 9.17) is 4.74 Å². The highest BCUT2D eigenvalue weighted by Gasteiger charge is 2.32. The van der Waals surface area contributed by atoms with Crippen molar-refractivity contribution >= 4 is 39.7 Å². The van der Waals surface area contributed by atoms with Gasteiger partial charge in [0.2, 0.25) is 0 Å². The van der Waals surface area contributed by atoms with E-state index >= 15 is 0 Å². The van der Waals surface area contributed by atoms with Crippen molar-refractivity contribution in [2.24, 2.45) is 11.0 Å². The number of hydrazone groups is 1. The van der Waals surface area contributed by atoms with Gasteiger partial charge < -0.3 is 15.0 Å². The second-order valence-electron chi connectivity index (χ2n) is 10.7. The first-order valence-corrected chi connectivity index (χ1v) is 13.9. The molecule has 2 heterocycles. The first-order chi connectivity index (χ1) is 20.0. The van der Waals surface area contributed by atoms with Crippen LogP contribution in [0.25, 0.3) is 10.8 Å². The van der Waals surface area contributed by atoms with Crippen LogP contribution < -0.4 is 20.4 Å². The summed E-state index contributed by atoms with van der Waals surface area (Å²) in [4.78, 5) is 27.9. The van der Waals surface area contributed by atoms with E-state index in [9.17, 15) is 14.0 Å². The Morgan fingerprint density at radius 2 is 1.73 bits per heavy atom. The molecule has 1 unspecified atom stereocenters. The van der Waals surface area contributed by atoms with Crippen LogP contribution in [0, 0.1) is 11.7 Å². The Hall–Kier alpha value is -4.72. The van der Waals surface area contributed by atoms with Gasteiger partial charge in [0, 0.05) is 40.8 Å². The van der Waals surface area contributed by atoms with Gasteiger partial charge in [-0.3, -0.25) is 9.59 Å². The molecule has 2 aliphatic rings. The smallest absolute Gasteiger partial charge is 0.255 e. The lowest BCUT2D eigenvalue weighted by Gasteiger charge is -2.32. The molecule has 0 spiro atoms. The fourth-order valence-corrected chi connectivity index (χ4v) is 5.52. The van der Waals surface area contributed by atoms with Crippen LogP contribution in [-0.4, -0.2) is 37.2 Å². The van der Waals surface area contributed by atoms with Gasteiger partial charge in [0.25, 0.3) is 11.8 Å². The zero-order chi connectivity index (χ0) is 28.3. The minimum Gasteiger partial charge on any atom is -0.487 e. The lowest BCUT2D eigenvalue weighted by molar-refractivity contribution is -0.120. The van der Waals surface area contributed by atoms with Crippen molar-refractivity contribution < 1.29 is 18.7 Å². The molecule has 6 rings (SSSR count). The van der Waals surface area contributed by atoms with E-state index in [-0.39, 0.29) is 24.0 Å². The van der Waals surface area contributed by atoms with Gasteiger partial charge in [-0.15, -0.1) is 0 Å². The van der Waals surface area contributed by atoms with Gasteiger partial charge in [-0.05, 0) is 54.7 Å². The monoisotopic (exact) mass is 550 g/mol. The molecular formula is C33H31FN4O3. The maximum atomic E-state index is 14.6. The van der Waals surface area contributed by atoms with Gasteiger partial charge in [-0.1, -0.05) is 61.5 Å². The van der Waals surface area contributed by atoms with E-state index in [1.165, 1.54) is 12.1 Å². The maximum absolute atomic E-state index is 14.6. The first kappa shape index (κ1) is 26.5. The lowest BCUT2D eigenvalue weighted by atomic mass is 9.94. The normalized spacial score (nSPS) is 17.3. The number of piperidine rings is 1. The molecule has 41 heavy (non-hydrogen) atoms. The second-order valence-corrected chi connectivity index (χ2v) is 10.7. The number of ether oxygens (including phenoxy) is 1. The van der Waals surface area contributed by atoms with Crippen LogP contribution in [0.1, 0.15) is 41.6 Å². The Balaban J connectivity index is 1.21. The molecule has 4 aromatic rings. The molecular weight excluding hydrogens is 519 g/mol. The van der Waals surface area contributed by atoms with Crippen LogP contribution in [-0.2, 0) is 4.79 Å². The zero-order valence-electron chi connectivity index (χ0n) is 22.8. The highest BCUT2D eigenvalue weighted by Crippen LogP contribution is 2.33. The molecule has 1 fully saturated rings. The number of fused-ring (bicyclic) bond motifs is 1. The summed E-state index contributed by atoms with van der Waals surface area (Å²) in [7, 11) is 0. The lowest BCUT2D eigenvalue weighted by Crippen LogP contribution is -2.33. The van der Waals surface area contributed by atoms with Crippen molar-refractivity contribution in [2.45, 2.75) is 25.7 Å². The maximum Gasteiger partial charge on any atom is 0.255 e. The number of amides is 2. The highest BCUT2D eigenvalue weighted by molar-refractivity contribution is 6.14. The summed E-state index contributed by atoms with van der Waals surface area (Å²) in [6.45, 7) is 4.04. The Morgan fingerprint density at radius 3 is 2.51 bits per heavy atom. The molecule has 1 atom stereocenters. The van der Waals surface area contributed by atoms with Crippen molar-refractivity contribution in [2.75, 3.05) is 29.9 Å². The van der Waals surface area contributed by atoms with E-state index in [0.29, 0.717) is 23.1 Å². The predicted molar refractivity (Wildman–Crippen MR) is 159 cm³/mol. The molecule has 0 aliphatic carbocycles. The van der Waals surface area contributed by atoms with E-state index < -0.39 is 11.7 Å². The van der Waals surface area contributed by atoms with Crippen molar-refractivity contribution in [1.82, 2.24) is 5.43 Å². The number of carbonyl (C=O) groups excluding carboxylic acids is 2. The molecule has 0 saturated carbocycles. The number of carbonyl (C=O) groups is 2. The average Bonchev–Trinajstić information content (AvgIpc) is 3.37. The first-order valence-electron chi connectivity index (χ1n) is 13.9. The van der Waals surface area contributed by atoms with Gasteiger partial charge in [0.15, 0.2) is 0 Å². The Morgan fingerprint density at radius 1 is 1.00 bits per heavy atom. The minimum absolute atomic E-state index is 0.120. The fraction of sp³-hybridized carbons (Fsp3) is 0.242. The van der Waals surface area contributed by atoms with Crippen molar-refractivity contribution in [3.05, 3.63) is 102 Å². The van der Waals surface area contributed by atoms with Crippen LogP contribution >= 0.6 is 0 Å². The van der Waals surface area contributed by atoms with E-state index in [1.54, 1.807) is 18.2 Å².